The Kier molecular flexibility index (Phi) is 12.6. The van der Waals surface area contributed by atoms with Gasteiger partial charge in [-0.15, -0.1) is 0 Å². The first-order valence-corrected chi connectivity index (χ1v) is 14.3. The Morgan fingerprint density at radius 3 is 1.14 bits per heavy atom. The minimum Gasteiger partial charge on any atom is -0.480 e. The number of benzene rings is 3. The molecule has 0 aliphatic rings. The van der Waals surface area contributed by atoms with Crippen LogP contribution in [0.2, 0.25) is 0 Å². The van der Waals surface area contributed by atoms with Crippen molar-refractivity contribution in [2.24, 2.45) is 5.73 Å². The molecule has 0 heterocycles. The Balaban J connectivity index is 1.88. The van der Waals surface area contributed by atoms with Gasteiger partial charge in [-0.05, 0) is 30.5 Å². The highest BCUT2D eigenvalue weighted by Gasteiger charge is 2.31. The summed E-state index contributed by atoms with van der Waals surface area (Å²) in [7, 11) is 0. The van der Waals surface area contributed by atoms with Crippen molar-refractivity contribution in [1.29, 1.82) is 0 Å². The molecule has 0 fully saturated rings. The van der Waals surface area contributed by atoms with Gasteiger partial charge in [0.2, 0.25) is 23.6 Å². The Morgan fingerprint density at radius 2 is 0.841 bits per heavy atom. The minimum absolute atomic E-state index is 0.0812. The van der Waals surface area contributed by atoms with Gasteiger partial charge in [-0.25, -0.2) is 0 Å². The summed E-state index contributed by atoms with van der Waals surface area (Å²) in [6.07, 6.45) is 0.317. The molecule has 0 saturated carbocycles. The maximum Gasteiger partial charge on any atom is 0.325 e. The van der Waals surface area contributed by atoms with Crippen LogP contribution in [0, 0.1) is 0 Å². The normalized spacial score (nSPS) is 14.2. The fourth-order valence-electron chi connectivity index (χ4n) is 4.40. The Bertz CT molecular complexity index is 1400. The SMILES string of the molecule is C[C@@H](N)C(=O)N[C@H](Cc1ccccc1)C(=O)N[C@H](Cc1ccccc1)C(=O)N[C@H](Cc1ccccc1)C(=O)N[C@H](C)C(=O)O. The van der Waals surface area contributed by atoms with Gasteiger partial charge in [0.15, 0.2) is 0 Å². The zero-order valence-corrected chi connectivity index (χ0v) is 24.7. The number of hydrogen-bond acceptors (Lipinski definition) is 6. The van der Waals surface area contributed by atoms with Gasteiger partial charge in [-0.1, -0.05) is 91.0 Å². The van der Waals surface area contributed by atoms with E-state index in [4.69, 9.17) is 5.73 Å². The molecule has 0 saturated heterocycles. The maximum absolute atomic E-state index is 13.8. The van der Waals surface area contributed by atoms with Crippen LogP contribution in [0.5, 0.6) is 0 Å². The maximum atomic E-state index is 13.8. The first-order chi connectivity index (χ1) is 21.0. The lowest BCUT2D eigenvalue weighted by atomic mass is 10.0. The molecule has 0 aliphatic carbocycles. The van der Waals surface area contributed by atoms with E-state index in [-0.39, 0.29) is 19.3 Å². The standard InChI is InChI=1S/C33H39N5O6/c1-21(34)29(39)36-27(19-24-14-8-4-9-15-24)31(41)38-28(20-25-16-10-5-11-17-25)32(42)37-26(18-23-12-6-3-7-13-23)30(40)35-22(2)33(43)44/h3-17,21-22,26-28H,18-20,34H2,1-2H3,(H,35,40)(H,36,39)(H,37,42)(H,38,41)(H,43,44)/t21-,22-,26-,27-,28-/m1/s1. The first kappa shape index (κ1) is 33.5. The lowest BCUT2D eigenvalue weighted by Gasteiger charge is -2.26. The van der Waals surface area contributed by atoms with Crippen molar-refractivity contribution in [3.8, 4) is 0 Å². The third-order valence-corrected chi connectivity index (χ3v) is 6.89. The average Bonchev–Trinajstić information content (AvgIpc) is 3.01. The summed E-state index contributed by atoms with van der Waals surface area (Å²) in [5, 5.41) is 19.9. The van der Waals surface area contributed by atoms with Crippen molar-refractivity contribution in [2.45, 2.75) is 63.3 Å². The van der Waals surface area contributed by atoms with Crippen LogP contribution in [0.3, 0.4) is 0 Å². The van der Waals surface area contributed by atoms with Gasteiger partial charge in [-0.3, -0.25) is 24.0 Å². The molecule has 3 aromatic carbocycles. The number of nitrogens with two attached hydrogens (primary N) is 1. The smallest absolute Gasteiger partial charge is 0.325 e. The quantitative estimate of drug-likeness (QED) is 0.151. The van der Waals surface area contributed by atoms with E-state index in [1.807, 2.05) is 42.5 Å². The van der Waals surface area contributed by atoms with Crippen molar-refractivity contribution >= 4 is 29.6 Å². The lowest BCUT2D eigenvalue weighted by Crippen LogP contribution is -2.59. The predicted molar refractivity (Wildman–Crippen MR) is 165 cm³/mol. The molecular formula is C33H39N5O6. The Labute approximate surface area is 256 Å². The van der Waals surface area contributed by atoms with E-state index in [1.54, 1.807) is 48.5 Å². The van der Waals surface area contributed by atoms with Gasteiger partial charge in [0.1, 0.15) is 24.2 Å². The number of nitrogens with one attached hydrogen (secondary N) is 4. The summed E-state index contributed by atoms with van der Waals surface area (Å²) in [4.78, 5) is 64.5. The van der Waals surface area contributed by atoms with Gasteiger partial charge in [0.05, 0.1) is 6.04 Å². The van der Waals surface area contributed by atoms with Gasteiger partial charge in [0.25, 0.3) is 0 Å². The third kappa shape index (κ3) is 10.7. The number of carboxylic acids is 1. The minimum atomic E-state index is -1.23. The van der Waals surface area contributed by atoms with Crippen molar-refractivity contribution in [2.75, 3.05) is 0 Å². The molecule has 0 bridgehead atoms. The second-order valence-electron chi connectivity index (χ2n) is 10.6. The summed E-state index contributed by atoms with van der Waals surface area (Å²) in [5.74, 6) is -3.71. The highest BCUT2D eigenvalue weighted by molar-refractivity contribution is 5.95. The molecule has 0 aliphatic heterocycles. The van der Waals surface area contributed by atoms with E-state index in [2.05, 4.69) is 21.3 Å². The molecule has 5 atom stereocenters. The molecule has 0 radical (unpaired) electrons. The molecule has 0 aromatic heterocycles. The Hall–Kier alpha value is -5.03. The summed E-state index contributed by atoms with van der Waals surface area (Å²) >= 11 is 0. The summed E-state index contributed by atoms with van der Waals surface area (Å²) in [6.45, 7) is 2.82. The van der Waals surface area contributed by atoms with Gasteiger partial charge >= 0.3 is 5.97 Å². The average molecular weight is 602 g/mol. The van der Waals surface area contributed by atoms with Crippen LogP contribution in [0.15, 0.2) is 91.0 Å². The van der Waals surface area contributed by atoms with Gasteiger partial charge in [0, 0.05) is 19.3 Å². The van der Waals surface area contributed by atoms with Crippen LogP contribution in [-0.4, -0.2) is 64.9 Å². The number of aliphatic carboxylic acids is 1. The summed E-state index contributed by atoms with van der Waals surface area (Å²) < 4.78 is 0. The van der Waals surface area contributed by atoms with E-state index >= 15 is 0 Å². The molecular weight excluding hydrogens is 562 g/mol. The topological polar surface area (TPSA) is 180 Å². The predicted octanol–water partition coefficient (Wildman–Crippen LogP) is 1.11. The van der Waals surface area contributed by atoms with Crippen LogP contribution < -0.4 is 27.0 Å². The number of carbonyl (C=O) groups excluding carboxylic acids is 4. The fourth-order valence-corrected chi connectivity index (χ4v) is 4.40. The first-order valence-electron chi connectivity index (χ1n) is 14.3. The molecule has 4 amide bonds. The lowest BCUT2D eigenvalue weighted by molar-refractivity contribution is -0.141. The summed E-state index contributed by atoms with van der Waals surface area (Å²) in [6, 6.07) is 21.7. The molecule has 11 nitrogen and oxygen atoms in total. The van der Waals surface area contributed by atoms with Gasteiger partial charge < -0.3 is 32.1 Å². The molecule has 232 valence electrons. The molecule has 3 rings (SSSR count). The highest BCUT2D eigenvalue weighted by atomic mass is 16.4. The third-order valence-electron chi connectivity index (χ3n) is 6.89. The fraction of sp³-hybridized carbons (Fsp3) is 0.303. The number of amides is 4. The molecule has 3 aromatic rings. The van der Waals surface area contributed by atoms with E-state index in [9.17, 15) is 29.1 Å². The number of hydrogen-bond donors (Lipinski definition) is 6. The molecule has 0 unspecified atom stereocenters. The summed E-state index contributed by atoms with van der Waals surface area (Å²) in [5.41, 5.74) is 8.02. The largest absolute Gasteiger partial charge is 0.480 e. The zero-order chi connectivity index (χ0) is 32.1. The Morgan fingerprint density at radius 1 is 0.545 bits per heavy atom. The monoisotopic (exact) mass is 601 g/mol. The van der Waals surface area contributed by atoms with E-state index < -0.39 is 59.8 Å². The van der Waals surface area contributed by atoms with E-state index in [1.165, 1.54) is 13.8 Å². The van der Waals surface area contributed by atoms with Crippen molar-refractivity contribution < 1.29 is 29.1 Å². The molecule has 44 heavy (non-hydrogen) atoms. The number of carbonyl (C=O) groups is 5. The van der Waals surface area contributed by atoms with Crippen molar-refractivity contribution in [1.82, 2.24) is 21.3 Å². The van der Waals surface area contributed by atoms with Crippen LogP contribution in [-0.2, 0) is 43.2 Å². The molecule has 11 heteroatoms. The molecule has 0 spiro atoms. The van der Waals surface area contributed by atoms with Crippen LogP contribution in [0.25, 0.3) is 0 Å². The van der Waals surface area contributed by atoms with Crippen LogP contribution >= 0.6 is 0 Å². The van der Waals surface area contributed by atoms with Crippen LogP contribution in [0.4, 0.5) is 0 Å². The number of carboxylic acid groups (broad SMARTS) is 1. The second kappa shape index (κ2) is 16.6. The van der Waals surface area contributed by atoms with Gasteiger partial charge in [-0.2, -0.15) is 0 Å². The highest BCUT2D eigenvalue weighted by Crippen LogP contribution is 2.09. The number of rotatable bonds is 15. The van der Waals surface area contributed by atoms with Crippen LogP contribution in [0.1, 0.15) is 30.5 Å². The molecule has 7 N–H and O–H groups in total. The van der Waals surface area contributed by atoms with Crippen molar-refractivity contribution in [3.63, 3.8) is 0 Å². The van der Waals surface area contributed by atoms with Crippen molar-refractivity contribution in [3.05, 3.63) is 108 Å². The zero-order valence-electron chi connectivity index (χ0n) is 24.7. The second-order valence-corrected chi connectivity index (χ2v) is 10.6. The van der Waals surface area contributed by atoms with E-state index in [0.717, 1.165) is 16.7 Å². The van der Waals surface area contributed by atoms with E-state index in [0.29, 0.717) is 0 Å².